The molecule has 0 radical (unpaired) electrons. The average Bonchev–Trinajstić information content (AvgIpc) is 3.24. The maximum atomic E-state index is 9.95. The summed E-state index contributed by atoms with van der Waals surface area (Å²) in [6, 6.07) is 4.96. The fourth-order valence-electron chi connectivity index (χ4n) is 2.93. The molecule has 3 aromatic rings. The lowest BCUT2D eigenvalue weighted by Crippen LogP contribution is -2.07. The van der Waals surface area contributed by atoms with Crippen LogP contribution in [0.15, 0.2) is 24.5 Å². The van der Waals surface area contributed by atoms with E-state index in [9.17, 15) is 5.11 Å². The van der Waals surface area contributed by atoms with E-state index in [1.807, 2.05) is 4.57 Å². The monoisotopic (exact) mass is 361 g/mol. The molecule has 0 spiro atoms. The zero-order valence-electron chi connectivity index (χ0n) is 13.4. The zero-order chi connectivity index (χ0) is 17.4. The number of ether oxygens (including phenoxy) is 2. The normalized spacial score (nSPS) is 17.1. The number of nitrogens with one attached hydrogen (secondary N) is 1. The lowest BCUT2D eigenvalue weighted by molar-refractivity contribution is 0.0592. The van der Waals surface area contributed by atoms with Crippen molar-refractivity contribution in [2.24, 2.45) is 0 Å². The van der Waals surface area contributed by atoms with Gasteiger partial charge < -0.3 is 19.9 Å². The number of aromatic hydroxyl groups is 1. The number of hydrogen-bond donors (Lipinski definition) is 2. The van der Waals surface area contributed by atoms with Gasteiger partial charge in [-0.3, -0.25) is 4.57 Å². The molecule has 0 amide bonds. The van der Waals surface area contributed by atoms with Crippen LogP contribution in [0.4, 0.5) is 11.5 Å². The molecule has 1 atom stereocenters. The van der Waals surface area contributed by atoms with Gasteiger partial charge in [0.2, 0.25) is 0 Å². The molecule has 1 aliphatic rings. The van der Waals surface area contributed by atoms with Gasteiger partial charge in [-0.25, -0.2) is 4.98 Å². The zero-order valence-corrected chi connectivity index (χ0v) is 14.2. The van der Waals surface area contributed by atoms with Crippen LogP contribution in [0.2, 0.25) is 5.02 Å². The fraction of sp³-hybridized carbons (Fsp3) is 0.312. The van der Waals surface area contributed by atoms with E-state index in [0.29, 0.717) is 40.0 Å². The van der Waals surface area contributed by atoms with E-state index in [0.717, 1.165) is 12.8 Å². The smallest absolute Gasteiger partial charge is 0.318 e. The van der Waals surface area contributed by atoms with Gasteiger partial charge in [0.15, 0.2) is 22.7 Å². The number of para-hydroxylation sites is 1. The Hall–Kier alpha value is -2.58. The lowest BCUT2D eigenvalue weighted by atomic mass is 10.3. The second-order valence-electron chi connectivity index (χ2n) is 5.61. The van der Waals surface area contributed by atoms with Crippen molar-refractivity contribution in [3.63, 3.8) is 0 Å². The van der Waals surface area contributed by atoms with Crippen molar-refractivity contribution in [3.8, 4) is 11.8 Å². The summed E-state index contributed by atoms with van der Waals surface area (Å²) >= 11 is 6.15. The quantitative estimate of drug-likeness (QED) is 0.736. The molecule has 25 heavy (non-hydrogen) atoms. The molecule has 8 nitrogen and oxygen atoms in total. The van der Waals surface area contributed by atoms with Crippen LogP contribution in [0.1, 0.15) is 19.1 Å². The van der Waals surface area contributed by atoms with E-state index >= 15 is 0 Å². The number of nitrogens with zero attached hydrogens (tertiary/aromatic N) is 4. The van der Waals surface area contributed by atoms with E-state index in [2.05, 4.69) is 20.3 Å². The molecular formula is C16H16ClN5O3. The van der Waals surface area contributed by atoms with Crippen LogP contribution in [0.3, 0.4) is 0 Å². The van der Waals surface area contributed by atoms with Crippen LogP contribution >= 0.6 is 11.6 Å². The highest BCUT2D eigenvalue weighted by Crippen LogP contribution is 2.36. The molecule has 1 aliphatic heterocycles. The van der Waals surface area contributed by atoms with Gasteiger partial charge in [-0.05, 0) is 25.0 Å². The molecule has 130 valence electrons. The average molecular weight is 362 g/mol. The summed E-state index contributed by atoms with van der Waals surface area (Å²) in [6.07, 6.45) is 3.37. The molecule has 1 fully saturated rings. The Bertz CT molecular complexity index is 924. The van der Waals surface area contributed by atoms with Crippen LogP contribution in [0, 0.1) is 0 Å². The van der Waals surface area contributed by atoms with E-state index in [-0.39, 0.29) is 12.2 Å². The summed E-state index contributed by atoms with van der Waals surface area (Å²) in [4.78, 5) is 12.6. The van der Waals surface area contributed by atoms with Gasteiger partial charge in [0.25, 0.3) is 0 Å². The third kappa shape index (κ3) is 2.83. The minimum absolute atomic E-state index is 0.132. The van der Waals surface area contributed by atoms with Crippen LogP contribution in [-0.4, -0.2) is 38.3 Å². The van der Waals surface area contributed by atoms with Crippen LogP contribution in [0.5, 0.6) is 11.8 Å². The molecule has 2 aromatic heterocycles. The number of rotatable bonds is 4. The predicted molar refractivity (Wildman–Crippen MR) is 92.5 cm³/mol. The summed E-state index contributed by atoms with van der Waals surface area (Å²) in [5.74, 6) is 0.841. The van der Waals surface area contributed by atoms with E-state index in [1.165, 1.54) is 7.11 Å². The minimum Gasteiger partial charge on any atom is -0.493 e. The van der Waals surface area contributed by atoms with Gasteiger partial charge in [-0.2, -0.15) is 9.97 Å². The highest BCUT2D eigenvalue weighted by molar-refractivity contribution is 6.32. The number of halogens is 1. The highest BCUT2D eigenvalue weighted by atomic mass is 35.5. The van der Waals surface area contributed by atoms with Gasteiger partial charge in [0.05, 0.1) is 24.1 Å². The molecule has 4 rings (SSSR count). The van der Waals surface area contributed by atoms with E-state index < -0.39 is 0 Å². The van der Waals surface area contributed by atoms with Gasteiger partial charge in [0, 0.05) is 6.61 Å². The molecule has 2 N–H and O–H groups in total. The number of aromatic nitrogens is 4. The highest BCUT2D eigenvalue weighted by Gasteiger charge is 2.22. The Kier molecular flexibility index (Phi) is 4.06. The number of anilines is 2. The van der Waals surface area contributed by atoms with E-state index in [1.54, 1.807) is 24.5 Å². The van der Waals surface area contributed by atoms with Gasteiger partial charge in [-0.15, -0.1) is 0 Å². The summed E-state index contributed by atoms with van der Waals surface area (Å²) in [5.41, 5.74) is 1.64. The Balaban J connectivity index is 1.79. The Morgan fingerprint density at radius 2 is 2.28 bits per heavy atom. The van der Waals surface area contributed by atoms with Gasteiger partial charge >= 0.3 is 6.01 Å². The number of fused-ring (bicyclic) bond motifs is 1. The molecule has 3 heterocycles. The molecule has 1 saturated heterocycles. The molecule has 0 aliphatic carbocycles. The molecule has 0 saturated carbocycles. The molecular weight excluding hydrogens is 346 g/mol. The SMILES string of the molecule is COc1c(Cl)cccc1Nc1nc(O)nc2c1ncn2C1CCCO1. The Morgan fingerprint density at radius 3 is 3.04 bits per heavy atom. The third-order valence-electron chi connectivity index (χ3n) is 4.05. The summed E-state index contributed by atoms with van der Waals surface area (Å²) in [7, 11) is 1.53. The largest absolute Gasteiger partial charge is 0.493 e. The van der Waals surface area contributed by atoms with Crippen LogP contribution < -0.4 is 10.1 Å². The second-order valence-corrected chi connectivity index (χ2v) is 6.02. The standard InChI is InChI=1S/C16H16ClN5O3/c1-24-13-9(17)4-2-5-10(13)19-14-12-15(21-16(23)20-14)22(8-18-12)11-6-3-7-25-11/h2,4-5,8,11H,3,6-7H2,1H3,(H2,19,20,21,23). The van der Waals surface area contributed by atoms with E-state index in [4.69, 9.17) is 21.1 Å². The topological polar surface area (TPSA) is 94.3 Å². The lowest BCUT2D eigenvalue weighted by Gasteiger charge is -2.13. The van der Waals surface area contributed by atoms with Crippen molar-refractivity contribution in [2.75, 3.05) is 19.0 Å². The predicted octanol–water partition coefficient (Wildman–Crippen LogP) is 3.25. The number of methoxy groups -OCH3 is 1. The van der Waals surface area contributed by atoms with Crippen molar-refractivity contribution in [3.05, 3.63) is 29.5 Å². The first kappa shape index (κ1) is 15.9. The third-order valence-corrected chi connectivity index (χ3v) is 4.35. The number of hydrogen-bond acceptors (Lipinski definition) is 7. The Labute approximate surface area is 148 Å². The van der Waals surface area contributed by atoms with Gasteiger partial charge in [-0.1, -0.05) is 17.7 Å². The van der Waals surface area contributed by atoms with Crippen molar-refractivity contribution in [1.82, 2.24) is 19.5 Å². The Morgan fingerprint density at radius 1 is 1.40 bits per heavy atom. The maximum Gasteiger partial charge on any atom is 0.318 e. The summed E-state index contributed by atoms with van der Waals surface area (Å²) < 4.78 is 12.8. The first-order valence-corrected chi connectivity index (χ1v) is 8.20. The second kappa shape index (κ2) is 6.38. The molecule has 1 unspecified atom stereocenters. The van der Waals surface area contributed by atoms with Gasteiger partial charge in [0.1, 0.15) is 6.23 Å². The number of benzene rings is 1. The maximum absolute atomic E-state index is 9.95. The molecule has 1 aromatic carbocycles. The molecule has 9 heteroatoms. The number of imidazole rings is 1. The first-order chi connectivity index (χ1) is 12.2. The van der Waals surface area contributed by atoms with Crippen molar-refractivity contribution in [1.29, 1.82) is 0 Å². The van der Waals surface area contributed by atoms with Crippen molar-refractivity contribution < 1.29 is 14.6 Å². The van der Waals surface area contributed by atoms with Crippen molar-refractivity contribution >= 4 is 34.3 Å². The first-order valence-electron chi connectivity index (χ1n) is 7.82. The minimum atomic E-state index is -0.351. The fourth-order valence-corrected chi connectivity index (χ4v) is 3.18. The summed E-state index contributed by atoms with van der Waals surface area (Å²) in [5, 5.41) is 13.5. The van der Waals surface area contributed by atoms with Crippen LogP contribution in [-0.2, 0) is 4.74 Å². The van der Waals surface area contributed by atoms with Crippen LogP contribution in [0.25, 0.3) is 11.2 Å². The van der Waals surface area contributed by atoms with Crippen molar-refractivity contribution in [2.45, 2.75) is 19.1 Å². The molecule has 0 bridgehead atoms. The summed E-state index contributed by atoms with van der Waals surface area (Å²) in [6.45, 7) is 0.701.